The van der Waals surface area contributed by atoms with Crippen molar-refractivity contribution in [1.29, 1.82) is 0 Å². The molecule has 0 aliphatic rings. The number of carbonyl (C=O) groups excluding carboxylic acids is 1. The number of rotatable bonds is 4. The maximum absolute atomic E-state index is 11.8. The molecule has 1 unspecified atom stereocenters. The minimum atomic E-state index is -0.553. The van der Waals surface area contributed by atoms with Crippen LogP contribution in [0.25, 0.3) is 0 Å². The predicted molar refractivity (Wildman–Crippen MR) is 68.4 cm³/mol. The van der Waals surface area contributed by atoms with Gasteiger partial charge >= 0.3 is 0 Å². The summed E-state index contributed by atoms with van der Waals surface area (Å²) in [5.74, 6) is 0.443. The van der Waals surface area contributed by atoms with Crippen LogP contribution < -0.4 is 5.32 Å². The number of nitrogens with one attached hydrogen (secondary N) is 1. The monoisotopic (exact) mass is 254 g/mol. The van der Waals surface area contributed by atoms with Gasteiger partial charge in [0.15, 0.2) is 5.69 Å². The minimum absolute atomic E-state index is 0.104. The van der Waals surface area contributed by atoms with E-state index in [1.165, 1.54) is 0 Å². The molecule has 1 amide bonds. The van der Waals surface area contributed by atoms with Gasteiger partial charge in [0.25, 0.3) is 5.91 Å². The molecule has 0 aliphatic carbocycles. The topological polar surface area (TPSA) is 75.4 Å². The van der Waals surface area contributed by atoms with Crippen LogP contribution in [0.4, 0.5) is 0 Å². The second-order valence-corrected chi connectivity index (χ2v) is 5.85. The Morgan fingerprint density at radius 2 is 2.11 bits per heavy atom. The summed E-state index contributed by atoms with van der Waals surface area (Å²) >= 11 is 0. The lowest BCUT2D eigenvalue weighted by molar-refractivity contribution is 0.0863. The zero-order valence-corrected chi connectivity index (χ0v) is 11.7. The van der Waals surface area contributed by atoms with Crippen molar-refractivity contribution in [2.45, 2.75) is 46.1 Å². The van der Waals surface area contributed by atoms with Crippen molar-refractivity contribution in [3.8, 4) is 0 Å². The SMILES string of the molecule is CC(C)C(O)CNC(=O)c1cc(C(C)(C)C)on1. The number of hydrogen-bond donors (Lipinski definition) is 2. The van der Waals surface area contributed by atoms with Crippen LogP contribution in [0, 0.1) is 5.92 Å². The molecule has 2 N–H and O–H groups in total. The predicted octanol–water partition coefficient (Wildman–Crippen LogP) is 1.72. The minimum Gasteiger partial charge on any atom is -0.391 e. The Morgan fingerprint density at radius 3 is 2.56 bits per heavy atom. The van der Waals surface area contributed by atoms with Crippen LogP contribution in [0.5, 0.6) is 0 Å². The van der Waals surface area contributed by atoms with Crippen molar-refractivity contribution >= 4 is 5.91 Å². The van der Waals surface area contributed by atoms with Crippen LogP contribution >= 0.6 is 0 Å². The first-order valence-corrected chi connectivity index (χ1v) is 6.15. The highest BCUT2D eigenvalue weighted by Crippen LogP contribution is 2.22. The highest BCUT2D eigenvalue weighted by Gasteiger charge is 2.22. The van der Waals surface area contributed by atoms with Gasteiger partial charge < -0.3 is 14.9 Å². The molecule has 0 aromatic carbocycles. The highest BCUT2D eigenvalue weighted by molar-refractivity contribution is 5.92. The Kier molecular flexibility index (Phi) is 4.51. The summed E-state index contributed by atoms with van der Waals surface area (Å²) in [6.45, 7) is 9.95. The molecular formula is C13H22N2O3. The number of carbonyl (C=O) groups is 1. The number of aromatic nitrogens is 1. The van der Waals surface area contributed by atoms with Gasteiger partial charge in [0.05, 0.1) is 6.10 Å². The van der Waals surface area contributed by atoms with Gasteiger partial charge in [0, 0.05) is 18.0 Å². The fourth-order valence-corrected chi connectivity index (χ4v) is 1.26. The van der Waals surface area contributed by atoms with E-state index in [0.29, 0.717) is 5.76 Å². The first-order valence-electron chi connectivity index (χ1n) is 6.15. The second-order valence-electron chi connectivity index (χ2n) is 5.85. The van der Waals surface area contributed by atoms with Crippen LogP contribution in [0.2, 0.25) is 0 Å². The van der Waals surface area contributed by atoms with Crippen molar-refractivity contribution in [3.63, 3.8) is 0 Å². The van der Waals surface area contributed by atoms with Crippen molar-refractivity contribution in [2.24, 2.45) is 5.92 Å². The molecule has 1 rings (SSSR count). The zero-order chi connectivity index (χ0) is 13.9. The third-order valence-electron chi connectivity index (χ3n) is 2.72. The highest BCUT2D eigenvalue weighted by atomic mass is 16.5. The fraction of sp³-hybridized carbons (Fsp3) is 0.692. The normalized spacial score (nSPS) is 13.7. The second kappa shape index (κ2) is 5.52. The fourth-order valence-electron chi connectivity index (χ4n) is 1.26. The maximum atomic E-state index is 11.8. The molecule has 0 saturated heterocycles. The van der Waals surface area contributed by atoms with Crippen LogP contribution in [-0.4, -0.2) is 28.8 Å². The van der Waals surface area contributed by atoms with E-state index in [4.69, 9.17) is 4.52 Å². The Morgan fingerprint density at radius 1 is 1.50 bits per heavy atom. The molecule has 1 aromatic rings. The van der Waals surface area contributed by atoms with Crippen LogP contribution in [0.3, 0.4) is 0 Å². The zero-order valence-electron chi connectivity index (χ0n) is 11.7. The van der Waals surface area contributed by atoms with Crippen molar-refractivity contribution in [1.82, 2.24) is 10.5 Å². The van der Waals surface area contributed by atoms with Crippen molar-refractivity contribution in [3.05, 3.63) is 17.5 Å². The number of nitrogens with zero attached hydrogens (tertiary/aromatic N) is 1. The van der Waals surface area contributed by atoms with Gasteiger partial charge in [0.1, 0.15) is 5.76 Å². The average molecular weight is 254 g/mol. The van der Waals surface area contributed by atoms with Gasteiger partial charge in [-0.15, -0.1) is 0 Å². The lowest BCUT2D eigenvalue weighted by atomic mass is 9.93. The summed E-state index contributed by atoms with van der Waals surface area (Å²) in [7, 11) is 0. The van der Waals surface area contributed by atoms with Crippen molar-refractivity contribution < 1.29 is 14.4 Å². The Balaban J connectivity index is 2.60. The summed E-state index contributed by atoms with van der Waals surface area (Å²) < 4.78 is 5.13. The average Bonchev–Trinajstić information content (AvgIpc) is 2.73. The molecular weight excluding hydrogens is 232 g/mol. The van der Waals surface area contributed by atoms with Crippen LogP contribution in [0.15, 0.2) is 10.6 Å². The van der Waals surface area contributed by atoms with E-state index in [0.717, 1.165) is 0 Å². The van der Waals surface area contributed by atoms with Gasteiger partial charge in [-0.1, -0.05) is 39.8 Å². The molecule has 18 heavy (non-hydrogen) atoms. The van der Waals surface area contributed by atoms with E-state index in [-0.39, 0.29) is 29.5 Å². The third-order valence-corrected chi connectivity index (χ3v) is 2.72. The van der Waals surface area contributed by atoms with E-state index in [1.807, 2.05) is 34.6 Å². The summed E-state index contributed by atoms with van der Waals surface area (Å²) in [4.78, 5) is 11.8. The summed E-state index contributed by atoms with van der Waals surface area (Å²) in [5, 5.41) is 16.0. The summed E-state index contributed by atoms with van der Waals surface area (Å²) in [6, 6.07) is 1.64. The first-order chi connectivity index (χ1) is 8.21. The lowest BCUT2D eigenvalue weighted by Gasteiger charge is -2.14. The van der Waals surface area contributed by atoms with Gasteiger partial charge in [-0.25, -0.2) is 0 Å². The molecule has 1 heterocycles. The standard InChI is InChI=1S/C13H22N2O3/c1-8(2)10(16)7-14-12(17)9-6-11(18-15-9)13(3,4)5/h6,8,10,16H,7H2,1-5H3,(H,14,17). The summed E-state index contributed by atoms with van der Waals surface area (Å²) in [6.07, 6.45) is -0.553. The smallest absolute Gasteiger partial charge is 0.273 e. The largest absolute Gasteiger partial charge is 0.391 e. The Bertz CT molecular complexity index is 405. The molecule has 1 atom stereocenters. The van der Waals surface area contributed by atoms with Gasteiger partial charge in [-0.3, -0.25) is 4.79 Å². The van der Waals surface area contributed by atoms with Crippen molar-refractivity contribution in [2.75, 3.05) is 6.54 Å². The molecule has 0 fully saturated rings. The Labute approximate surface area is 108 Å². The summed E-state index contributed by atoms with van der Waals surface area (Å²) in [5.41, 5.74) is 0.0686. The van der Waals surface area contributed by atoms with Gasteiger partial charge in [-0.2, -0.15) is 0 Å². The molecule has 0 radical (unpaired) electrons. The molecule has 1 aromatic heterocycles. The van der Waals surface area contributed by atoms with E-state index < -0.39 is 6.10 Å². The molecule has 0 aliphatic heterocycles. The number of aliphatic hydroxyl groups is 1. The first kappa shape index (κ1) is 14.7. The molecule has 0 spiro atoms. The molecule has 0 bridgehead atoms. The van der Waals surface area contributed by atoms with Crippen LogP contribution in [-0.2, 0) is 5.41 Å². The molecule has 5 heteroatoms. The quantitative estimate of drug-likeness (QED) is 0.857. The number of amides is 1. The maximum Gasteiger partial charge on any atom is 0.273 e. The molecule has 102 valence electrons. The molecule has 5 nitrogen and oxygen atoms in total. The molecule has 0 saturated carbocycles. The van der Waals surface area contributed by atoms with Gasteiger partial charge in [-0.05, 0) is 5.92 Å². The van der Waals surface area contributed by atoms with E-state index >= 15 is 0 Å². The van der Waals surface area contributed by atoms with Gasteiger partial charge in [0.2, 0.25) is 0 Å². The lowest BCUT2D eigenvalue weighted by Crippen LogP contribution is -2.34. The van der Waals surface area contributed by atoms with Crippen LogP contribution in [0.1, 0.15) is 50.9 Å². The Hall–Kier alpha value is -1.36. The van der Waals surface area contributed by atoms with E-state index in [9.17, 15) is 9.90 Å². The van der Waals surface area contributed by atoms with E-state index in [2.05, 4.69) is 10.5 Å². The number of aliphatic hydroxyl groups excluding tert-OH is 1. The van der Waals surface area contributed by atoms with E-state index in [1.54, 1.807) is 6.07 Å². The number of hydrogen-bond acceptors (Lipinski definition) is 4. The third kappa shape index (κ3) is 3.84.